The van der Waals surface area contributed by atoms with E-state index in [9.17, 15) is 23.5 Å². The molecule has 1 aromatic heterocycles. The predicted molar refractivity (Wildman–Crippen MR) is 85.7 cm³/mol. The van der Waals surface area contributed by atoms with Gasteiger partial charge in [-0.1, -0.05) is 6.07 Å². The molecule has 3 aromatic rings. The number of halogens is 2. The van der Waals surface area contributed by atoms with Gasteiger partial charge in [0.2, 0.25) is 0 Å². The Bertz CT molecular complexity index is 1020. The third kappa shape index (κ3) is 2.73. The van der Waals surface area contributed by atoms with E-state index in [2.05, 4.69) is 0 Å². The largest absolute Gasteiger partial charge is 0.505 e. The lowest BCUT2D eigenvalue weighted by Crippen LogP contribution is -2.14. The molecule has 5 nitrogen and oxygen atoms in total. The molecule has 0 saturated heterocycles. The predicted octanol–water partition coefficient (Wildman–Crippen LogP) is 3.55. The zero-order chi connectivity index (χ0) is 18.3. The summed E-state index contributed by atoms with van der Waals surface area (Å²) < 4.78 is 34.0. The molecule has 0 aliphatic heterocycles. The van der Waals surface area contributed by atoms with Crippen molar-refractivity contribution in [2.24, 2.45) is 0 Å². The molecule has 0 radical (unpaired) electrons. The van der Waals surface area contributed by atoms with Gasteiger partial charge in [-0.05, 0) is 37.3 Å². The van der Waals surface area contributed by atoms with Gasteiger partial charge in [0.1, 0.15) is 5.82 Å². The monoisotopic (exact) mass is 345 g/mol. The summed E-state index contributed by atoms with van der Waals surface area (Å²) in [6, 6.07) is 7.45. The van der Waals surface area contributed by atoms with Crippen LogP contribution in [0, 0.1) is 18.6 Å². The van der Waals surface area contributed by atoms with Crippen LogP contribution in [-0.2, 0) is 4.79 Å². The standard InChI is InChI=1S/C18H13F2NO4/c1-9-17(25-10(2)22)15-13(6-7-14(23)16(15)20)21(9)18(24)11-4-3-5-12(19)8-11/h3-8,23H,1-2H3. The van der Waals surface area contributed by atoms with Gasteiger partial charge in [-0.2, -0.15) is 0 Å². The molecule has 1 N–H and O–H groups in total. The number of phenols is 1. The van der Waals surface area contributed by atoms with E-state index >= 15 is 0 Å². The van der Waals surface area contributed by atoms with Crippen LogP contribution in [-0.4, -0.2) is 21.6 Å². The van der Waals surface area contributed by atoms with Crippen molar-refractivity contribution < 1.29 is 28.2 Å². The minimum absolute atomic E-state index is 0.0443. The van der Waals surface area contributed by atoms with E-state index in [4.69, 9.17) is 4.74 Å². The number of ether oxygens (including phenoxy) is 1. The van der Waals surface area contributed by atoms with Crippen LogP contribution in [0.15, 0.2) is 36.4 Å². The van der Waals surface area contributed by atoms with Gasteiger partial charge in [-0.25, -0.2) is 8.78 Å². The number of aromatic nitrogens is 1. The Morgan fingerprint density at radius 2 is 1.88 bits per heavy atom. The highest BCUT2D eigenvalue weighted by molar-refractivity contribution is 6.06. The molecule has 1 heterocycles. The molecule has 128 valence electrons. The maximum Gasteiger partial charge on any atom is 0.308 e. The number of hydrogen-bond acceptors (Lipinski definition) is 4. The van der Waals surface area contributed by atoms with Gasteiger partial charge in [0.05, 0.1) is 16.6 Å². The van der Waals surface area contributed by atoms with Crippen LogP contribution in [0.1, 0.15) is 23.0 Å². The van der Waals surface area contributed by atoms with Crippen molar-refractivity contribution in [3.63, 3.8) is 0 Å². The van der Waals surface area contributed by atoms with Crippen molar-refractivity contribution in [3.8, 4) is 11.5 Å². The number of carbonyl (C=O) groups is 2. The second kappa shape index (κ2) is 6.01. The van der Waals surface area contributed by atoms with E-state index in [0.717, 1.165) is 23.6 Å². The molecule has 7 heteroatoms. The zero-order valence-electron chi connectivity index (χ0n) is 13.3. The van der Waals surface area contributed by atoms with E-state index in [-0.39, 0.29) is 27.9 Å². The second-order valence-electron chi connectivity index (χ2n) is 5.45. The zero-order valence-corrected chi connectivity index (χ0v) is 13.3. The van der Waals surface area contributed by atoms with Gasteiger partial charge < -0.3 is 9.84 Å². The van der Waals surface area contributed by atoms with Crippen LogP contribution in [0.3, 0.4) is 0 Å². The molecule has 0 aliphatic carbocycles. The van der Waals surface area contributed by atoms with Crippen LogP contribution in [0.25, 0.3) is 10.9 Å². The Balaban J connectivity index is 2.32. The average molecular weight is 345 g/mol. The van der Waals surface area contributed by atoms with E-state index in [1.165, 1.54) is 31.2 Å². The summed E-state index contributed by atoms with van der Waals surface area (Å²) in [5.74, 6) is -3.74. The van der Waals surface area contributed by atoms with Crippen molar-refractivity contribution in [2.75, 3.05) is 0 Å². The molecule has 0 atom stereocenters. The lowest BCUT2D eigenvalue weighted by Gasteiger charge is -2.07. The summed E-state index contributed by atoms with van der Waals surface area (Å²) in [7, 11) is 0. The van der Waals surface area contributed by atoms with Gasteiger partial charge >= 0.3 is 5.97 Å². The first-order chi connectivity index (χ1) is 11.8. The molecule has 0 aliphatic rings. The summed E-state index contributed by atoms with van der Waals surface area (Å²) >= 11 is 0. The fourth-order valence-electron chi connectivity index (χ4n) is 2.70. The quantitative estimate of drug-likeness (QED) is 0.721. The van der Waals surface area contributed by atoms with Gasteiger partial charge in [0.15, 0.2) is 17.3 Å². The fourth-order valence-corrected chi connectivity index (χ4v) is 2.70. The highest BCUT2D eigenvalue weighted by Gasteiger charge is 2.25. The van der Waals surface area contributed by atoms with Gasteiger partial charge in [-0.15, -0.1) is 0 Å². The topological polar surface area (TPSA) is 68.5 Å². The molecular weight excluding hydrogens is 332 g/mol. The Morgan fingerprint density at radius 3 is 2.52 bits per heavy atom. The van der Waals surface area contributed by atoms with Crippen LogP contribution in [0.4, 0.5) is 8.78 Å². The SMILES string of the molecule is CC(=O)Oc1c(C)n(C(=O)c2cccc(F)c2)c2ccc(O)c(F)c12. The average Bonchev–Trinajstić information content (AvgIpc) is 2.82. The van der Waals surface area contributed by atoms with Crippen LogP contribution in [0.5, 0.6) is 11.5 Å². The first kappa shape index (κ1) is 16.6. The first-order valence-corrected chi connectivity index (χ1v) is 7.32. The van der Waals surface area contributed by atoms with Crippen molar-refractivity contribution >= 4 is 22.8 Å². The van der Waals surface area contributed by atoms with E-state index < -0.39 is 29.3 Å². The fraction of sp³-hybridized carbons (Fsp3) is 0.111. The number of hydrogen-bond donors (Lipinski definition) is 1. The highest BCUT2D eigenvalue weighted by Crippen LogP contribution is 2.38. The maximum atomic E-state index is 14.4. The molecule has 25 heavy (non-hydrogen) atoms. The molecular formula is C18H13F2NO4. The summed E-state index contributed by atoms with van der Waals surface area (Å²) in [6.45, 7) is 2.60. The molecule has 0 unspecified atom stereocenters. The van der Waals surface area contributed by atoms with E-state index in [0.29, 0.717) is 0 Å². The Morgan fingerprint density at radius 1 is 1.16 bits per heavy atom. The highest BCUT2D eigenvalue weighted by atomic mass is 19.1. The second-order valence-corrected chi connectivity index (χ2v) is 5.45. The molecule has 0 fully saturated rings. The minimum Gasteiger partial charge on any atom is -0.505 e. The molecule has 2 aromatic carbocycles. The number of fused-ring (bicyclic) bond motifs is 1. The van der Waals surface area contributed by atoms with E-state index in [1.54, 1.807) is 0 Å². The van der Waals surface area contributed by atoms with Crippen molar-refractivity contribution in [2.45, 2.75) is 13.8 Å². The summed E-state index contributed by atoms with van der Waals surface area (Å²) in [5, 5.41) is 9.41. The van der Waals surface area contributed by atoms with Gasteiger partial charge in [0, 0.05) is 12.5 Å². The third-order valence-electron chi connectivity index (χ3n) is 3.75. The van der Waals surface area contributed by atoms with E-state index in [1.807, 2.05) is 0 Å². The number of phenolic OH excluding ortho intramolecular Hbond substituents is 1. The Kier molecular flexibility index (Phi) is 4.00. The Labute approximate surface area is 141 Å². The lowest BCUT2D eigenvalue weighted by molar-refractivity contribution is -0.131. The first-order valence-electron chi connectivity index (χ1n) is 7.32. The lowest BCUT2D eigenvalue weighted by atomic mass is 10.2. The molecule has 0 amide bonds. The maximum absolute atomic E-state index is 14.4. The molecule has 0 saturated carbocycles. The molecule has 3 rings (SSSR count). The van der Waals surface area contributed by atoms with Crippen LogP contribution >= 0.6 is 0 Å². The molecule has 0 bridgehead atoms. The molecule has 0 spiro atoms. The number of benzene rings is 2. The normalized spacial score (nSPS) is 10.9. The number of aromatic hydroxyl groups is 1. The van der Waals surface area contributed by atoms with Gasteiger partial charge in [-0.3, -0.25) is 14.2 Å². The summed E-state index contributed by atoms with van der Waals surface area (Å²) in [5.41, 5.74) is 0.296. The third-order valence-corrected chi connectivity index (χ3v) is 3.75. The van der Waals surface area contributed by atoms with Crippen molar-refractivity contribution in [3.05, 3.63) is 59.3 Å². The summed E-state index contributed by atoms with van der Waals surface area (Å²) in [6.07, 6.45) is 0. The number of nitrogens with zero attached hydrogens (tertiary/aromatic N) is 1. The number of carbonyl (C=O) groups excluding carboxylic acids is 2. The van der Waals surface area contributed by atoms with Crippen LogP contribution in [0.2, 0.25) is 0 Å². The number of rotatable bonds is 2. The van der Waals surface area contributed by atoms with Crippen molar-refractivity contribution in [1.29, 1.82) is 0 Å². The minimum atomic E-state index is -1.01. The van der Waals surface area contributed by atoms with Gasteiger partial charge in [0.25, 0.3) is 5.91 Å². The smallest absolute Gasteiger partial charge is 0.308 e. The number of esters is 1. The Hall–Kier alpha value is -3.22. The van der Waals surface area contributed by atoms with Crippen LogP contribution < -0.4 is 4.74 Å². The summed E-state index contributed by atoms with van der Waals surface area (Å²) in [4.78, 5) is 24.1. The van der Waals surface area contributed by atoms with Crippen molar-refractivity contribution in [1.82, 2.24) is 4.57 Å².